The van der Waals surface area contributed by atoms with Crippen molar-refractivity contribution in [2.45, 2.75) is 26.0 Å². The molecule has 0 bridgehead atoms. The van der Waals surface area contributed by atoms with E-state index in [9.17, 15) is 4.79 Å². The highest BCUT2D eigenvalue weighted by molar-refractivity contribution is 5.70. The van der Waals surface area contributed by atoms with E-state index < -0.39 is 0 Å². The zero-order chi connectivity index (χ0) is 8.43. The number of carbonyl (C=O) groups excluding carboxylic acids is 1. The van der Waals surface area contributed by atoms with Crippen LogP contribution < -0.4 is 0 Å². The lowest BCUT2D eigenvalue weighted by Gasteiger charge is -2.16. The molecule has 0 aliphatic carbocycles. The molecule has 1 amide bonds. The molecule has 0 aromatic carbocycles. The second-order valence-corrected chi connectivity index (χ2v) is 2.90. The van der Waals surface area contributed by atoms with Crippen molar-refractivity contribution in [2.24, 2.45) is 0 Å². The van der Waals surface area contributed by atoms with Crippen LogP contribution >= 0.6 is 0 Å². The van der Waals surface area contributed by atoms with Crippen molar-refractivity contribution in [3.63, 3.8) is 0 Å². The van der Waals surface area contributed by atoms with Crippen LogP contribution in [0.2, 0.25) is 0 Å². The highest BCUT2D eigenvalue weighted by atomic mass is 16.6. The van der Waals surface area contributed by atoms with Gasteiger partial charge in [-0.3, -0.25) is 0 Å². The Morgan fingerprint density at radius 1 is 1.82 bits per heavy atom. The molecule has 0 aromatic rings. The Labute approximate surface area is 66.6 Å². The molecule has 0 spiro atoms. The molecule has 62 valence electrons. The van der Waals surface area contributed by atoms with E-state index in [1.807, 2.05) is 13.8 Å². The first-order valence-electron chi connectivity index (χ1n) is 3.75. The summed E-state index contributed by atoms with van der Waals surface area (Å²) in [6.45, 7) is 8.14. The highest BCUT2D eigenvalue weighted by Gasteiger charge is 2.30. The molecule has 11 heavy (non-hydrogen) atoms. The molecule has 0 N–H and O–H groups in total. The van der Waals surface area contributed by atoms with Gasteiger partial charge in [-0.15, -0.1) is 0 Å². The van der Waals surface area contributed by atoms with E-state index in [0.29, 0.717) is 6.54 Å². The van der Waals surface area contributed by atoms with Crippen LogP contribution in [0.15, 0.2) is 12.7 Å². The van der Waals surface area contributed by atoms with Crippen molar-refractivity contribution in [2.75, 3.05) is 6.54 Å². The Balaban J connectivity index is 2.58. The summed E-state index contributed by atoms with van der Waals surface area (Å²) in [4.78, 5) is 12.7. The molecule has 0 radical (unpaired) electrons. The summed E-state index contributed by atoms with van der Waals surface area (Å²) < 4.78 is 4.95. The van der Waals surface area contributed by atoms with Crippen LogP contribution in [0.4, 0.5) is 4.79 Å². The monoisotopic (exact) mass is 155 g/mol. The number of rotatable bonds is 2. The fourth-order valence-corrected chi connectivity index (χ4v) is 1.05. The number of ether oxygens (including phenoxy) is 1. The molecule has 0 saturated carbocycles. The third kappa shape index (κ3) is 1.53. The van der Waals surface area contributed by atoms with Crippen molar-refractivity contribution >= 4 is 6.09 Å². The van der Waals surface area contributed by atoms with E-state index >= 15 is 0 Å². The van der Waals surface area contributed by atoms with Gasteiger partial charge < -0.3 is 9.64 Å². The SMILES string of the molecule is C=C[C@@H]1CN(C(C)C)C(=O)O1. The maximum Gasteiger partial charge on any atom is 0.410 e. The highest BCUT2D eigenvalue weighted by Crippen LogP contribution is 2.14. The van der Waals surface area contributed by atoms with E-state index in [-0.39, 0.29) is 18.2 Å². The summed E-state index contributed by atoms with van der Waals surface area (Å²) >= 11 is 0. The topological polar surface area (TPSA) is 29.5 Å². The van der Waals surface area contributed by atoms with Crippen molar-refractivity contribution in [3.8, 4) is 0 Å². The fourth-order valence-electron chi connectivity index (χ4n) is 1.05. The Hall–Kier alpha value is -0.990. The van der Waals surface area contributed by atoms with Gasteiger partial charge in [0.25, 0.3) is 0 Å². The molecule has 3 heteroatoms. The summed E-state index contributed by atoms with van der Waals surface area (Å²) in [5.41, 5.74) is 0. The van der Waals surface area contributed by atoms with Crippen LogP contribution in [0.5, 0.6) is 0 Å². The maximum atomic E-state index is 11.0. The normalized spacial score (nSPS) is 24.1. The van der Waals surface area contributed by atoms with Gasteiger partial charge >= 0.3 is 6.09 Å². The second-order valence-electron chi connectivity index (χ2n) is 2.90. The van der Waals surface area contributed by atoms with Crippen molar-refractivity contribution in [1.29, 1.82) is 0 Å². The molecule has 1 aliphatic rings. The first-order valence-corrected chi connectivity index (χ1v) is 3.75. The van der Waals surface area contributed by atoms with Crippen LogP contribution in [-0.4, -0.2) is 29.7 Å². The molecule has 1 atom stereocenters. The van der Waals surface area contributed by atoms with Crippen molar-refractivity contribution in [1.82, 2.24) is 4.90 Å². The van der Waals surface area contributed by atoms with Gasteiger partial charge in [-0.2, -0.15) is 0 Å². The third-order valence-electron chi connectivity index (χ3n) is 1.75. The lowest BCUT2D eigenvalue weighted by Crippen LogP contribution is -2.31. The molecule has 1 heterocycles. The van der Waals surface area contributed by atoms with Gasteiger partial charge in [0.15, 0.2) is 0 Å². The summed E-state index contributed by atoms with van der Waals surface area (Å²) in [7, 11) is 0. The Morgan fingerprint density at radius 3 is 2.73 bits per heavy atom. The largest absolute Gasteiger partial charge is 0.440 e. The van der Waals surface area contributed by atoms with E-state index in [4.69, 9.17) is 4.74 Å². The minimum Gasteiger partial charge on any atom is -0.440 e. The Kier molecular flexibility index (Phi) is 2.17. The van der Waals surface area contributed by atoms with Gasteiger partial charge in [0.05, 0.1) is 6.54 Å². The van der Waals surface area contributed by atoms with Crippen LogP contribution in [-0.2, 0) is 4.74 Å². The van der Waals surface area contributed by atoms with E-state index in [1.165, 1.54) is 0 Å². The van der Waals surface area contributed by atoms with Crippen molar-refractivity contribution in [3.05, 3.63) is 12.7 Å². The van der Waals surface area contributed by atoms with Crippen molar-refractivity contribution < 1.29 is 9.53 Å². The van der Waals surface area contributed by atoms with Crippen LogP contribution in [0.1, 0.15) is 13.8 Å². The first-order chi connectivity index (χ1) is 5.15. The third-order valence-corrected chi connectivity index (χ3v) is 1.75. The van der Waals surface area contributed by atoms with E-state index in [2.05, 4.69) is 6.58 Å². The number of hydrogen-bond acceptors (Lipinski definition) is 2. The minimum atomic E-state index is -0.232. The van der Waals surface area contributed by atoms with Gasteiger partial charge in [-0.1, -0.05) is 6.58 Å². The minimum absolute atomic E-state index is 0.120. The zero-order valence-electron chi connectivity index (χ0n) is 6.91. The lowest BCUT2D eigenvalue weighted by atomic mass is 10.3. The molecule has 1 rings (SSSR count). The fraction of sp³-hybridized carbons (Fsp3) is 0.625. The molecule has 0 aromatic heterocycles. The number of amides is 1. The molecule has 1 saturated heterocycles. The Morgan fingerprint density at radius 2 is 2.45 bits per heavy atom. The molecular formula is C8H13NO2. The predicted molar refractivity (Wildman–Crippen MR) is 42.3 cm³/mol. The van der Waals surface area contributed by atoms with E-state index in [0.717, 1.165) is 0 Å². The number of cyclic esters (lactones) is 1. The zero-order valence-corrected chi connectivity index (χ0v) is 6.91. The summed E-state index contributed by atoms with van der Waals surface area (Å²) in [6.07, 6.45) is 1.30. The average molecular weight is 155 g/mol. The second kappa shape index (κ2) is 2.95. The maximum absolute atomic E-state index is 11.0. The van der Waals surface area contributed by atoms with Gasteiger partial charge in [0.2, 0.25) is 0 Å². The van der Waals surface area contributed by atoms with Gasteiger partial charge in [0, 0.05) is 6.04 Å². The predicted octanol–water partition coefficient (Wildman–Crippen LogP) is 1.40. The molecule has 0 unspecified atom stereocenters. The molecule has 1 aliphatic heterocycles. The average Bonchev–Trinajstić information content (AvgIpc) is 2.30. The lowest BCUT2D eigenvalue weighted by molar-refractivity contribution is 0.141. The number of carbonyl (C=O) groups is 1. The summed E-state index contributed by atoms with van der Waals surface area (Å²) in [5.74, 6) is 0. The Bertz CT molecular complexity index is 177. The van der Waals surface area contributed by atoms with Gasteiger partial charge in [-0.05, 0) is 19.9 Å². The first kappa shape index (κ1) is 8.11. The molecule has 3 nitrogen and oxygen atoms in total. The van der Waals surface area contributed by atoms with Crippen LogP contribution in [0, 0.1) is 0 Å². The smallest absolute Gasteiger partial charge is 0.410 e. The standard InChI is InChI=1S/C8H13NO2/c1-4-7-5-9(6(2)3)8(10)11-7/h4,6-7H,1,5H2,2-3H3/t7-/m1/s1. The van der Waals surface area contributed by atoms with Gasteiger partial charge in [-0.25, -0.2) is 4.79 Å². The molecular weight excluding hydrogens is 142 g/mol. The number of hydrogen-bond donors (Lipinski definition) is 0. The van der Waals surface area contributed by atoms with E-state index in [1.54, 1.807) is 11.0 Å². The van der Waals surface area contributed by atoms with Crippen LogP contribution in [0.25, 0.3) is 0 Å². The molecule has 1 fully saturated rings. The number of nitrogens with zero attached hydrogens (tertiary/aromatic N) is 1. The summed E-state index contributed by atoms with van der Waals surface area (Å²) in [6, 6.07) is 0.215. The van der Waals surface area contributed by atoms with Crippen LogP contribution in [0.3, 0.4) is 0 Å². The van der Waals surface area contributed by atoms with Gasteiger partial charge in [0.1, 0.15) is 6.10 Å². The quantitative estimate of drug-likeness (QED) is 0.564. The summed E-state index contributed by atoms with van der Waals surface area (Å²) in [5, 5.41) is 0.